The standard InChI is InChI=1S/C49H39N7O7/c1-61-49-47(59)46(58)45(57)40(63-49)26-62-48(60)28-13-11-27(12-14-28)41-32-15-17-34(53-32)42(29-8-2-5-23-50-29)36-19-21-38(55-36)44(31-10-4-7-25-52-31)39-22-20-37(56-39)43(30-9-3-6-24-51-30)35-18-16-33(41)54-35/h2-25,40,45-47,49,53,56-59H,26H2,1H3/t40-,45+,46+,47-,49+/m1/s1. The molecule has 1 saturated heterocycles. The molecule has 0 radical (unpaired) electrons. The molecule has 0 unspecified atom stereocenters. The molecule has 0 saturated carbocycles. The highest BCUT2D eigenvalue weighted by Gasteiger charge is 2.44. The molecule has 1 fully saturated rings. The van der Waals surface area contributed by atoms with Crippen LogP contribution >= 0.6 is 0 Å². The van der Waals surface area contributed by atoms with Gasteiger partial charge in [-0.05, 0) is 103 Å². The molecular formula is C49H39N7O7. The summed E-state index contributed by atoms with van der Waals surface area (Å²) in [7, 11) is 1.30. The highest BCUT2D eigenvalue weighted by Crippen LogP contribution is 2.37. The number of aliphatic hydroxyl groups is 3. The average Bonchev–Trinajstić information content (AvgIpc) is 4.18. The number of pyridine rings is 3. The van der Waals surface area contributed by atoms with E-state index in [1.807, 2.05) is 115 Å². The van der Waals surface area contributed by atoms with Gasteiger partial charge in [-0.1, -0.05) is 30.3 Å². The Labute approximate surface area is 359 Å². The number of nitrogens with one attached hydrogen (secondary N) is 2. The zero-order valence-corrected chi connectivity index (χ0v) is 33.7. The lowest BCUT2D eigenvalue weighted by Gasteiger charge is -2.39. The Hall–Kier alpha value is -7.46. The van der Waals surface area contributed by atoms with Crippen LogP contribution in [0.15, 0.2) is 122 Å². The summed E-state index contributed by atoms with van der Waals surface area (Å²) in [6, 6.07) is 32.3. The minimum Gasteiger partial charge on any atom is -0.459 e. The van der Waals surface area contributed by atoms with Gasteiger partial charge in [0, 0.05) is 53.5 Å². The van der Waals surface area contributed by atoms with Crippen molar-refractivity contribution in [3.05, 3.63) is 150 Å². The molecule has 6 aromatic heterocycles. The van der Waals surface area contributed by atoms with Gasteiger partial charge in [0.2, 0.25) is 0 Å². The second kappa shape index (κ2) is 16.8. The molecule has 3 aliphatic heterocycles. The molecule has 7 aromatic rings. The second-order valence-corrected chi connectivity index (χ2v) is 15.1. The number of rotatable bonds is 8. The summed E-state index contributed by atoms with van der Waals surface area (Å²) in [5, 5.41) is 30.9. The van der Waals surface area contributed by atoms with Crippen molar-refractivity contribution in [2.75, 3.05) is 13.7 Å². The van der Waals surface area contributed by atoms with E-state index in [4.69, 9.17) is 39.1 Å². The second-order valence-electron chi connectivity index (χ2n) is 15.1. The molecule has 8 bridgehead atoms. The zero-order chi connectivity index (χ0) is 43.0. The smallest absolute Gasteiger partial charge is 0.338 e. The minimum atomic E-state index is -1.55. The van der Waals surface area contributed by atoms with Gasteiger partial charge in [-0.2, -0.15) is 0 Å². The van der Waals surface area contributed by atoms with Gasteiger partial charge in [-0.15, -0.1) is 0 Å². The van der Waals surface area contributed by atoms with Crippen molar-refractivity contribution in [3.8, 4) is 44.9 Å². The highest BCUT2D eigenvalue weighted by atomic mass is 16.7. The van der Waals surface area contributed by atoms with Crippen LogP contribution in [0, 0.1) is 0 Å². The van der Waals surface area contributed by atoms with E-state index in [0.29, 0.717) is 17.1 Å². The third kappa shape index (κ3) is 7.52. The van der Waals surface area contributed by atoms with Crippen molar-refractivity contribution in [3.63, 3.8) is 0 Å². The maximum Gasteiger partial charge on any atom is 0.338 e. The normalized spacial score (nSPS) is 19.3. The van der Waals surface area contributed by atoms with Gasteiger partial charge in [-0.3, -0.25) is 15.0 Å². The van der Waals surface area contributed by atoms with Crippen molar-refractivity contribution < 1.29 is 34.3 Å². The van der Waals surface area contributed by atoms with Crippen LogP contribution in [0.3, 0.4) is 0 Å². The third-order valence-corrected chi connectivity index (χ3v) is 11.2. The average molecular weight is 838 g/mol. The van der Waals surface area contributed by atoms with Crippen molar-refractivity contribution in [2.45, 2.75) is 30.7 Å². The van der Waals surface area contributed by atoms with Crippen molar-refractivity contribution in [1.29, 1.82) is 0 Å². The first-order chi connectivity index (χ1) is 30.8. The molecule has 10 rings (SSSR count). The maximum atomic E-state index is 13.3. The molecule has 5 atom stereocenters. The van der Waals surface area contributed by atoms with E-state index in [1.54, 1.807) is 30.7 Å². The number of benzene rings is 1. The van der Waals surface area contributed by atoms with Crippen LogP contribution in [0.1, 0.15) is 33.1 Å². The zero-order valence-electron chi connectivity index (χ0n) is 33.7. The lowest BCUT2D eigenvalue weighted by atomic mass is 9.99. The van der Waals surface area contributed by atoms with Crippen LogP contribution in [-0.2, 0) is 14.2 Å². The van der Waals surface area contributed by atoms with Crippen LogP contribution in [0.5, 0.6) is 0 Å². The number of aromatic nitrogens is 7. The van der Waals surface area contributed by atoms with Crippen LogP contribution in [0.4, 0.5) is 0 Å². The number of nitrogens with zero attached hydrogens (tertiary/aromatic N) is 5. The van der Waals surface area contributed by atoms with Crippen LogP contribution in [-0.4, -0.2) is 101 Å². The van der Waals surface area contributed by atoms with Crippen LogP contribution in [0.2, 0.25) is 0 Å². The Balaban J connectivity index is 1.16. The van der Waals surface area contributed by atoms with E-state index < -0.39 is 36.7 Å². The van der Waals surface area contributed by atoms with Crippen molar-refractivity contribution in [2.24, 2.45) is 0 Å². The van der Waals surface area contributed by atoms with E-state index in [9.17, 15) is 20.1 Å². The lowest BCUT2D eigenvalue weighted by molar-refractivity contribution is -0.294. The number of fused-ring (bicyclic) bond motifs is 8. The summed E-state index contributed by atoms with van der Waals surface area (Å²) >= 11 is 0. The molecule has 5 N–H and O–H groups in total. The molecule has 0 aliphatic carbocycles. The Kier molecular flexibility index (Phi) is 10.6. The van der Waals surface area contributed by atoms with Crippen LogP contribution in [0.25, 0.3) is 91.3 Å². The van der Waals surface area contributed by atoms with Gasteiger partial charge in [0.25, 0.3) is 0 Å². The summed E-state index contributed by atoms with van der Waals surface area (Å²) in [5.74, 6) is -0.676. The first-order valence-corrected chi connectivity index (χ1v) is 20.2. The van der Waals surface area contributed by atoms with E-state index >= 15 is 0 Å². The minimum absolute atomic E-state index is 0.240. The predicted octanol–water partition coefficient (Wildman–Crippen LogP) is 7.12. The molecule has 9 heterocycles. The summed E-state index contributed by atoms with van der Waals surface area (Å²) in [6.07, 6.45) is 6.36. The fourth-order valence-electron chi connectivity index (χ4n) is 8.11. The Morgan fingerprint density at radius 3 is 1.44 bits per heavy atom. The molecule has 1 aromatic carbocycles. The van der Waals surface area contributed by atoms with Gasteiger partial charge in [0.1, 0.15) is 31.0 Å². The molecular weight excluding hydrogens is 799 g/mol. The fourth-order valence-corrected chi connectivity index (χ4v) is 8.11. The summed E-state index contributed by atoms with van der Waals surface area (Å²) in [5.41, 5.74) is 12.2. The summed E-state index contributed by atoms with van der Waals surface area (Å²) in [4.78, 5) is 45.5. The van der Waals surface area contributed by atoms with Gasteiger partial charge < -0.3 is 39.5 Å². The molecule has 3 aliphatic rings. The SMILES string of the molecule is CO[C@H]1O[C@H](COC(=O)c2ccc(-c3c4nc(c(-c5ccccn5)c5ccc([nH]5)c(-c5ccccn5)c5nc(c(-c6ccccn6)c6ccc3[nH]6)C=C5)C=C4)cc2)[C@H](O)[C@H](O)[C@H]1O. The molecule has 14 nitrogen and oxygen atoms in total. The monoisotopic (exact) mass is 837 g/mol. The van der Waals surface area contributed by atoms with Gasteiger partial charge >= 0.3 is 5.97 Å². The number of methoxy groups -OCH3 is 1. The summed E-state index contributed by atoms with van der Waals surface area (Å²) < 4.78 is 16.1. The highest BCUT2D eigenvalue weighted by molar-refractivity contribution is 5.99. The molecule has 0 amide bonds. The number of aromatic amines is 2. The van der Waals surface area contributed by atoms with Crippen molar-refractivity contribution in [1.82, 2.24) is 34.9 Å². The number of carbonyl (C=O) groups is 1. The van der Waals surface area contributed by atoms with Gasteiger partial charge in [0.05, 0.1) is 62.0 Å². The topological polar surface area (TPSA) is 201 Å². The molecule has 14 heteroatoms. The van der Waals surface area contributed by atoms with Gasteiger partial charge in [0.15, 0.2) is 6.29 Å². The Bertz CT molecular complexity index is 3020. The van der Waals surface area contributed by atoms with E-state index in [2.05, 4.69) is 9.97 Å². The lowest BCUT2D eigenvalue weighted by Crippen LogP contribution is -2.59. The van der Waals surface area contributed by atoms with Gasteiger partial charge in [-0.25, -0.2) is 14.8 Å². The molecule has 63 heavy (non-hydrogen) atoms. The number of H-pyrrole nitrogens is 2. The predicted molar refractivity (Wildman–Crippen MR) is 238 cm³/mol. The maximum absolute atomic E-state index is 13.3. The largest absolute Gasteiger partial charge is 0.459 e. The number of carbonyl (C=O) groups excluding carboxylic acids is 1. The van der Waals surface area contributed by atoms with Crippen LogP contribution < -0.4 is 0 Å². The van der Waals surface area contributed by atoms with E-state index in [-0.39, 0.29) is 12.2 Å². The number of hydrogen-bond donors (Lipinski definition) is 5. The summed E-state index contributed by atoms with van der Waals surface area (Å²) in [6.45, 7) is -0.386. The van der Waals surface area contributed by atoms with E-state index in [1.165, 1.54) is 7.11 Å². The van der Waals surface area contributed by atoms with E-state index in [0.717, 1.165) is 72.7 Å². The Morgan fingerprint density at radius 2 is 1.02 bits per heavy atom. The number of ether oxygens (including phenoxy) is 3. The fraction of sp³-hybridized carbons (Fsp3) is 0.143. The first-order valence-electron chi connectivity index (χ1n) is 20.2. The number of esters is 1. The number of hydrogen-bond acceptors (Lipinski definition) is 12. The Morgan fingerprint density at radius 1 is 0.571 bits per heavy atom. The molecule has 312 valence electrons. The van der Waals surface area contributed by atoms with Crippen molar-refractivity contribution >= 4 is 52.3 Å². The number of aliphatic hydroxyl groups excluding tert-OH is 3. The third-order valence-electron chi connectivity index (χ3n) is 11.2. The molecule has 0 spiro atoms. The first kappa shape index (κ1) is 39.7. The quantitative estimate of drug-likeness (QED) is 0.0972.